The Kier molecular flexibility index (Phi) is 14.3. The van der Waals surface area contributed by atoms with Crippen LogP contribution in [0.5, 0.6) is 0 Å². The molecule has 1 aliphatic heterocycles. The van der Waals surface area contributed by atoms with Gasteiger partial charge in [-0.1, -0.05) is 76.8 Å². The summed E-state index contributed by atoms with van der Waals surface area (Å²) in [5, 5.41) is 6.51. The summed E-state index contributed by atoms with van der Waals surface area (Å²) in [5.41, 5.74) is 4.58. The van der Waals surface area contributed by atoms with Crippen molar-refractivity contribution in [3.63, 3.8) is 0 Å². The molecule has 9 heteroatoms. The van der Waals surface area contributed by atoms with E-state index in [4.69, 9.17) is 0 Å². The lowest BCUT2D eigenvalue weighted by Gasteiger charge is -2.18. The molecule has 2 aromatic rings. The minimum atomic E-state index is -4.17. The molecule has 0 bridgehead atoms. The molecule has 0 unspecified atom stereocenters. The molecule has 0 aliphatic carbocycles. The smallest absolute Gasteiger partial charge is 0.345 e. The van der Waals surface area contributed by atoms with E-state index in [-0.39, 0.29) is 12.4 Å². The Hall–Kier alpha value is -3.46. The first-order valence-electron chi connectivity index (χ1n) is 13.3. The van der Waals surface area contributed by atoms with Crippen LogP contribution in [0.1, 0.15) is 61.7 Å². The predicted octanol–water partition coefficient (Wildman–Crippen LogP) is 8.47. The second-order valence-electron chi connectivity index (χ2n) is 10.8. The Labute approximate surface area is 239 Å². The van der Waals surface area contributed by atoms with E-state index >= 15 is 0 Å². The highest BCUT2D eigenvalue weighted by Crippen LogP contribution is 2.25. The van der Waals surface area contributed by atoms with Gasteiger partial charge in [0, 0.05) is 14.7 Å². The summed E-state index contributed by atoms with van der Waals surface area (Å²) in [6.07, 6.45) is 11.2. The van der Waals surface area contributed by atoms with Crippen LogP contribution >= 0.6 is 0 Å². The Bertz CT molecular complexity index is 1200. The molecule has 3 heterocycles. The van der Waals surface area contributed by atoms with E-state index in [1.807, 2.05) is 36.9 Å². The number of anilines is 1. The van der Waals surface area contributed by atoms with Gasteiger partial charge < -0.3 is 15.2 Å². The maximum absolute atomic E-state index is 11.7. The monoisotopic (exact) mass is 560 g/mol. The fourth-order valence-electron chi connectivity index (χ4n) is 3.18. The van der Waals surface area contributed by atoms with Gasteiger partial charge in [0.25, 0.3) is 0 Å². The van der Waals surface area contributed by atoms with Crippen LogP contribution in [0, 0.1) is 5.41 Å². The molecular formula is C31H47F3N6. The molecule has 1 saturated heterocycles. The number of aryl methyl sites for hydroxylation is 1. The molecule has 0 atom stereocenters. The van der Waals surface area contributed by atoms with Gasteiger partial charge in [-0.3, -0.25) is 0 Å². The minimum Gasteiger partial charge on any atom is -0.345 e. The van der Waals surface area contributed by atoms with Crippen molar-refractivity contribution in [2.75, 3.05) is 18.4 Å². The van der Waals surface area contributed by atoms with Crippen LogP contribution in [0.25, 0.3) is 11.2 Å². The van der Waals surface area contributed by atoms with Crippen molar-refractivity contribution in [1.82, 2.24) is 24.8 Å². The number of piperidine rings is 1. The molecule has 40 heavy (non-hydrogen) atoms. The Balaban J connectivity index is 0.000000705. The summed E-state index contributed by atoms with van der Waals surface area (Å²) in [5.74, 6) is 0.743. The number of halogens is 3. The summed E-state index contributed by atoms with van der Waals surface area (Å²) in [4.78, 5) is 12.6. The summed E-state index contributed by atoms with van der Waals surface area (Å²) in [6.45, 7) is 23.6. The van der Waals surface area contributed by atoms with Gasteiger partial charge in [0.15, 0.2) is 11.5 Å². The molecule has 1 aliphatic rings. The Morgan fingerprint density at radius 1 is 1.00 bits per heavy atom. The number of rotatable bonds is 7. The average molecular weight is 561 g/mol. The van der Waals surface area contributed by atoms with E-state index in [1.165, 1.54) is 50.8 Å². The van der Waals surface area contributed by atoms with E-state index in [0.29, 0.717) is 11.2 Å². The highest BCUT2D eigenvalue weighted by Gasteiger charge is 2.27. The number of imidazole rings is 1. The Morgan fingerprint density at radius 3 is 2.15 bits per heavy atom. The summed E-state index contributed by atoms with van der Waals surface area (Å²) in [6, 6.07) is 0. The number of hydrogen-bond acceptors (Lipinski definition) is 5. The van der Waals surface area contributed by atoms with E-state index in [9.17, 15) is 13.2 Å². The number of fused-ring (bicyclic) bond motifs is 1. The zero-order valence-corrected chi connectivity index (χ0v) is 24.8. The lowest BCUT2D eigenvalue weighted by Crippen LogP contribution is -2.21. The fourth-order valence-corrected chi connectivity index (χ4v) is 3.18. The van der Waals surface area contributed by atoms with Crippen molar-refractivity contribution in [2.45, 2.75) is 66.5 Å². The number of hydrogen-bond donors (Lipinski definition) is 2. The van der Waals surface area contributed by atoms with Gasteiger partial charge in [0.05, 0.1) is 12.7 Å². The topological polar surface area (TPSA) is 67.7 Å². The van der Waals surface area contributed by atoms with Crippen LogP contribution in [0.4, 0.5) is 19.0 Å². The molecular weight excluding hydrogens is 513 g/mol. The number of nitrogens with zero attached hydrogens (tertiary/aromatic N) is 4. The lowest BCUT2D eigenvalue weighted by molar-refractivity contribution is -0.126. The van der Waals surface area contributed by atoms with Gasteiger partial charge >= 0.3 is 6.18 Å². The fraction of sp³-hybridized carbons (Fsp3) is 0.452. The van der Waals surface area contributed by atoms with Gasteiger partial charge in [-0.15, -0.1) is 0 Å². The van der Waals surface area contributed by atoms with Gasteiger partial charge in [-0.25, -0.2) is 15.0 Å². The SMILES string of the molecule is C1CCNCC1.C=C(/C=C\C(C)=C\Nc1ncnc2ncn(C)c12)C(C)(C)C.C=C(C)/C=C\C(=C)CC(F)(F)F.[HH]. The van der Waals surface area contributed by atoms with Crippen LogP contribution in [0.15, 0.2) is 85.2 Å². The lowest BCUT2D eigenvalue weighted by atomic mass is 9.87. The molecule has 2 aromatic heterocycles. The van der Waals surface area contributed by atoms with Crippen molar-refractivity contribution in [3.05, 3.63) is 85.2 Å². The summed E-state index contributed by atoms with van der Waals surface area (Å²) < 4.78 is 37.0. The van der Waals surface area contributed by atoms with Crippen molar-refractivity contribution >= 4 is 17.0 Å². The average Bonchev–Trinajstić information content (AvgIpc) is 3.26. The van der Waals surface area contributed by atoms with Gasteiger partial charge in [0.1, 0.15) is 11.8 Å². The van der Waals surface area contributed by atoms with Gasteiger partial charge in [-0.05, 0) is 61.9 Å². The van der Waals surface area contributed by atoms with Crippen molar-refractivity contribution in [2.24, 2.45) is 12.5 Å². The first-order chi connectivity index (χ1) is 18.6. The van der Waals surface area contributed by atoms with Crippen molar-refractivity contribution < 1.29 is 14.6 Å². The van der Waals surface area contributed by atoms with E-state index in [1.54, 1.807) is 13.3 Å². The number of aromatic nitrogens is 4. The zero-order valence-electron chi connectivity index (χ0n) is 24.8. The number of nitrogens with one attached hydrogen (secondary N) is 2. The first kappa shape index (κ1) is 34.6. The van der Waals surface area contributed by atoms with Crippen molar-refractivity contribution in [1.29, 1.82) is 0 Å². The second kappa shape index (κ2) is 16.6. The third-order valence-corrected chi connectivity index (χ3v) is 5.69. The van der Waals surface area contributed by atoms with Crippen LogP contribution in [0.3, 0.4) is 0 Å². The number of alkyl halides is 3. The third kappa shape index (κ3) is 14.6. The van der Waals surface area contributed by atoms with Gasteiger partial charge in [0.2, 0.25) is 0 Å². The largest absolute Gasteiger partial charge is 0.393 e. The third-order valence-electron chi connectivity index (χ3n) is 5.69. The second-order valence-corrected chi connectivity index (χ2v) is 10.8. The van der Waals surface area contributed by atoms with E-state index < -0.39 is 12.6 Å². The highest BCUT2D eigenvalue weighted by molar-refractivity contribution is 5.83. The molecule has 3 rings (SSSR count). The first-order valence-corrected chi connectivity index (χ1v) is 13.3. The maximum Gasteiger partial charge on any atom is 0.393 e. The molecule has 0 spiro atoms. The molecule has 6 nitrogen and oxygen atoms in total. The van der Waals surface area contributed by atoms with Crippen LogP contribution in [-0.4, -0.2) is 38.8 Å². The predicted molar refractivity (Wildman–Crippen MR) is 164 cm³/mol. The van der Waals surface area contributed by atoms with E-state index in [2.05, 4.69) is 66.1 Å². The molecule has 0 radical (unpaired) electrons. The molecule has 2 N–H and O–H groups in total. The highest BCUT2D eigenvalue weighted by atomic mass is 19.4. The van der Waals surface area contributed by atoms with E-state index in [0.717, 1.165) is 22.5 Å². The van der Waals surface area contributed by atoms with Crippen LogP contribution in [-0.2, 0) is 7.05 Å². The van der Waals surface area contributed by atoms with Crippen molar-refractivity contribution in [3.8, 4) is 0 Å². The normalized spacial score (nSPS) is 14.4. The Morgan fingerprint density at radius 2 is 1.65 bits per heavy atom. The maximum atomic E-state index is 11.7. The summed E-state index contributed by atoms with van der Waals surface area (Å²) >= 11 is 0. The van der Waals surface area contributed by atoms with Gasteiger partial charge in [-0.2, -0.15) is 13.2 Å². The number of allylic oxidation sites excluding steroid dienone is 8. The van der Waals surface area contributed by atoms with Crippen LogP contribution < -0.4 is 10.6 Å². The molecule has 0 amide bonds. The molecule has 0 saturated carbocycles. The van der Waals surface area contributed by atoms with Crippen LogP contribution in [0.2, 0.25) is 0 Å². The molecule has 1 fully saturated rings. The molecule has 0 aromatic carbocycles. The minimum absolute atomic E-state index is 0. The summed E-state index contributed by atoms with van der Waals surface area (Å²) in [7, 11) is 1.92. The molecule has 222 valence electrons. The standard InChI is InChI=1S/C17H23N5.C9H11F3.C5H11N.H2/c1-12(7-8-13(2)17(3,4)5)9-18-15-14-16(20-10-19-15)21-11-22(14)6;1-7(2)4-5-8(3)6-9(10,11)12;1-2-4-6-5-3-1;/h7-11H,2H2,1,3-6H3,(H,18,19,20);4-5H,1,3,6H2,2H3;6H,1-5H2;1H/b8-7-,12-9+;5-4-;;. The quantitative estimate of drug-likeness (QED) is 0.333. The zero-order chi connectivity index (χ0) is 30.3.